The maximum Gasteiger partial charge on any atom is 0.326 e. The predicted octanol–water partition coefficient (Wildman–Crippen LogP) is 5.66. The molecule has 7 nitrogen and oxygen atoms in total. The van der Waals surface area contributed by atoms with Crippen molar-refractivity contribution in [1.82, 2.24) is 4.90 Å². The first kappa shape index (κ1) is 26.3. The lowest BCUT2D eigenvalue weighted by Crippen LogP contribution is -2.35. The Hall–Kier alpha value is -2.31. The van der Waals surface area contributed by atoms with Crippen LogP contribution in [0.1, 0.15) is 25.0 Å². The number of amides is 2. The summed E-state index contributed by atoms with van der Waals surface area (Å²) in [7, 11) is 1.45. The molecule has 2 aromatic rings. The first-order valence-corrected chi connectivity index (χ1v) is 12.3. The topological polar surface area (TPSA) is 82.1 Å². The predicted molar refractivity (Wildman–Crippen MR) is 135 cm³/mol. The molecule has 2 aromatic carbocycles. The fourth-order valence-electron chi connectivity index (χ4n) is 2.99. The maximum atomic E-state index is 14.1. The fourth-order valence-corrected chi connectivity index (χ4v) is 4.83. The molecule has 0 spiro atoms. The number of imide groups is 1. The van der Waals surface area contributed by atoms with Crippen molar-refractivity contribution < 1.29 is 33.0 Å². The van der Waals surface area contributed by atoms with Crippen LogP contribution in [0.4, 0.5) is 9.18 Å². The van der Waals surface area contributed by atoms with E-state index in [0.717, 1.165) is 16.7 Å². The molecule has 1 saturated heterocycles. The lowest BCUT2D eigenvalue weighted by Gasteiger charge is -2.15. The number of thioether (sulfide) groups is 1. The van der Waals surface area contributed by atoms with Gasteiger partial charge in [0, 0.05) is 5.56 Å². The van der Waals surface area contributed by atoms with E-state index in [1.807, 2.05) is 22.6 Å². The van der Waals surface area contributed by atoms with Crippen LogP contribution in [-0.2, 0) is 20.9 Å². The monoisotopic (exact) mass is 619 g/mol. The van der Waals surface area contributed by atoms with E-state index in [1.165, 1.54) is 25.3 Å². The van der Waals surface area contributed by atoms with Gasteiger partial charge < -0.3 is 14.2 Å². The van der Waals surface area contributed by atoms with E-state index >= 15 is 0 Å². The zero-order valence-corrected chi connectivity index (χ0v) is 22.1. The molecule has 2 amide bonds. The van der Waals surface area contributed by atoms with E-state index in [2.05, 4.69) is 0 Å². The molecule has 180 valence electrons. The minimum Gasteiger partial charge on any atom is -0.493 e. The Morgan fingerprint density at radius 1 is 1.29 bits per heavy atom. The summed E-state index contributed by atoms with van der Waals surface area (Å²) < 4.78 is 30.9. The zero-order chi connectivity index (χ0) is 25.0. The Balaban J connectivity index is 1.80. The second-order valence-electron chi connectivity index (χ2n) is 7.33. The minimum atomic E-state index is -0.661. The van der Waals surface area contributed by atoms with Crippen LogP contribution in [0.2, 0.25) is 5.02 Å². The van der Waals surface area contributed by atoms with Crippen LogP contribution < -0.4 is 9.47 Å². The van der Waals surface area contributed by atoms with Gasteiger partial charge in [0.25, 0.3) is 11.1 Å². The molecule has 1 heterocycles. The van der Waals surface area contributed by atoms with Gasteiger partial charge in [0.15, 0.2) is 11.5 Å². The third-order valence-corrected chi connectivity index (χ3v) is 6.56. The third-order valence-electron chi connectivity index (χ3n) is 4.50. The number of hydrogen-bond acceptors (Lipinski definition) is 7. The molecular formula is C23H20ClFINO6S. The highest BCUT2D eigenvalue weighted by Gasteiger charge is 2.37. The lowest BCUT2D eigenvalue weighted by atomic mass is 10.1. The molecule has 1 aliphatic heterocycles. The Labute approximate surface area is 218 Å². The molecule has 0 N–H and O–H groups in total. The van der Waals surface area contributed by atoms with E-state index in [4.69, 9.17) is 25.8 Å². The Kier molecular flexibility index (Phi) is 8.83. The number of carbonyl (C=O) groups excluding carboxylic acids is 3. The van der Waals surface area contributed by atoms with Gasteiger partial charge in [0.1, 0.15) is 19.0 Å². The molecule has 3 rings (SSSR count). The molecule has 0 atom stereocenters. The van der Waals surface area contributed by atoms with Crippen LogP contribution in [0.5, 0.6) is 11.5 Å². The second-order valence-corrected chi connectivity index (χ2v) is 9.89. The number of hydrogen-bond donors (Lipinski definition) is 0. The van der Waals surface area contributed by atoms with Gasteiger partial charge in [-0.3, -0.25) is 19.3 Å². The van der Waals surface area contributed by atoms with Crippen molar-refractivity contribution in [2.24, 2.45) is 0 Å². The molecule has 1 fully saturated rings. The Bertz CT molecular complexity index is 1150. The van der Waals surface area contributed by atoms with E-state index < -0.39 is 29.5 Å². The van der Waals surface area contributed by atoms with Crippen LogP contribution in [0.3, 0.4) is 0 Å². The normalized spacial score (nSPS) is 14.8. The highest BCUT2D eigenvalue weighted by atomic mass is 127. The van der Waals surface area contributed by atoms with Crippen molar-refractivity contribution in [3.05, 3.63) is 60.8 Å². The van der Waals surface area contributed by atoms with Gasteiger partial charge in [0.05, 0.1) is 26.7 Å². The maximum absolute atomic E-state index is 14.1. The number of halogens is 3. The Morgan fingerprint density at radius 2 is 2.03 bits per heavy atom. The van der Waals surface area contributed by atoms with Gasteiger partial charge in [-0.1, -0.05) is 17.7 Å². The van der Waals surface area contributed by atoms with Gasteiger partial charge in [-0.25, -0.2) is 4.39 Å². The zero-order valence-electron chi connectivity index (χ0n) is 18.4. The van der Waals surface area contributed by atoms with Gasteiger partial charge >= 0.3 is 5.97 Å². The van der Waals surface area contributed by atoms with Gasteiger partial charge in [0.2, 0.25) is 0 Å². The first-order valence-electron chi connectivity index (χ1n) is 9.98. The molecule has 0 unspecified atom stereocenters. The van der Waals surface area contributed by atoms with Crippen LogP contribution in [0.25, 0.3) is 6.08 Å². The third kappa shape index (κ3) is 6.22. The summed E-state index contributed by atoms with van der Waals surface area (Å²) >= 11 is 8.83. The van der Waals surface area contributed by atoms with E-state index in [0.29, 0.717) is 20.6 Å². The van der Waals surface area contributed by atoms with Crippen molar-refractivity contribution in [2.45, 2.75) is 26.6 Å². The molecule has 0 saturated carbocycles. The number of benzene rings is 2. The largest absolute Gasteiger partial charge is 0.493 e. The highest BCUT2D eigenvalue weighted by Crippen LogP contribution is 2.38. The van der Waals surface area contributed by atoms with Crippen molar-refractivity contribution in [2.75, 3.05) is 13.7 Å². The number of carbonyl (C=O) groups is 3. The van der Waals surface area contributed by atoms with Crippen LogP contribution in [-0.4, -0.2) is 41.8 Å². The highest BCUT2D eigenvalue weighted by molar-refractivity contribution is 14.1. The molecule has 34 heavy (non-hydrogen) atoms. The number of ether oxygens (including phenoxy) is 3. The number of methoxy groups -OCH3 is 1. The smallest absolute Gasteiger partial charge is 0.326 e. The molecule has 0 radical (unpaired) electrons. The van der Waals surface area contributed by atoms with E-state index in [1.54, 1.807) is 32.0 Å². The minimum absolute atomic E-state index is 0.109. The average Bonchev–Trinajstić information content (AvgIpc) is 3.01. The van der Waals surface area contributed by atoms with E-state index in [9.17, 15) is 18.8 Å². The molecule has 11 heteroatoms. The number of esters is 1. The van der Waals surface area contributed by atoms with Crippen molar-refractivity contribution in [3.63, 3.8) is 0 Å². The lowest BCUT2D eigenvalue weighted by molar-refractivity contribution is -0.149. The summed E-state index contributed by atoms with van der Waals surface area (Å²) in [6, 6.07) is 7.73. The Morgan fingerprint density at radius 3 is 2.68 bits per heavy atom. The first-order chi connectivity index (χ1) is 16.1. The van der Waals surface area contributed by atoms with Gasteiger partial charge in [-0.15, -0.1) is 0 Å². The molecule has 0 aliphatic carbocycles. The summed E-state index contributed by atoms with van der Waals surface area (Å²) in [6.07, 6.45) is 1.17. The average molecular weight is 620 g/mol. The van der Waals surface area contributed by atoms with Gasteiger partial charge in [-0.05, 0) is 84.1 Å². The fraction of sp³-hybridized carbons (Fsp3) is 0.261. The summed E-state index contributed by atoms with van der Waals surface area (Å²) in [6.45, 7) is 2.80. The standard InChI is InChI=1S/C23H20ClFINO6S/c1-12(2)33-20(28)10-27-22(29)19(34-23(27)30)9-13-7-17(26)21(18(8-13)31-3)32-11-14-15(24)5-4-6-16(14)25/h4-9,12H,10-11H2,1-3H3/b19-9-. The van der Waals surface area contributed by atoms with Crippen LogP contribution >= 0.6 is 46.0 Å². The molecular weight excluding hydrogens is 600 g/mol. The summed E-state index contributed by atoms with van der Waals surface area (Å²) in [4.78, 5) is 37.8. The molecule has 0 aromatic heterocycles. The van der Waals surface area contributed by atoms with Crippen molar-refractivity contribution in [1.29, 1.82) is 0 Å². The molecule has 0 bridgehead atoms. The SMILES string of the molecule is COc1cc(/C=C2\SC(=O)N(CC(=O)OC(C)C)C2=O)cc(I)c1OCc1c(F)cccc1Cl. The van der Waals surface area contributed by atoms with E-state index in [-0.39, 0.29) is 28.2 Å². The quantitative estimate of drug-likeness (QED) is 0.214. The van der Waals surface area contributed by atoms with Crippen molar-refractivity contribution >= 4 is 69.1 Å². The van der Waals surface area contributed by atoms with Crippen LogP contribution in [0.15, 0.2) is 35.2 Å². The number of rotatable bonds is 8. The van der Waals surface area contributed by atoms with Crippen molar-refractivity contribution in [3.8, 4) is 11.5 Å². The number of nitrogens with zero attached hydrogens (tertiary/aromatic N) is 1. The second kappa shape index (κ2) is 11.4. The summed E-state index contributed by atoms with van der Waals surface area (Å²) in [5.41, 5.74) is 0.795. The molecule has 1 aliphatic rings. The van der Waals surface area contributed by atoms with Crippen LogP contribution in [0, 0.1) is 9.39 Å². The summed E-state index contributed by atoms with van der Waals surface area (Å²) in [5, 5.41) is -0.307. The van der Waals surface area contributed by atoms with Gasteiger partial charge in [-0.2, -0.15) is 0 Å². The summed E-state index contributed by atoms with van der Waals surface area (Å²) in [5.74, 6) is -0.994.